The van der Waals surface area contributed by atoms with E-state index in [0.717, 1.165) is 27.3 Å². The highest BCUT2D eigenvalue weighted by atomic mass is 79.9. The topological polar surface area (TPSA) is 53.4 Å². The van der Waals surface area contributed by atoms with Crippen molar-refractivity contribution in [3.8, 4) is 17.2 Å². The number of aromatic nitrogens is 2. The first kappa shape index (κ1) is 14.6. The maximum atomic E-state index is 11.2. The quantitative estimate of drug-likeness (QED) is 0.666. The fourth-order valence-corrected chi connectivity index (χ4v) is 2.84. The van der Waals surface area contributed by atoms with E-state index in [2.05, 4.69) is 21.0 Å². The highest BCUT2D eigenvalue weighted by Gasteiger charge is 2.15. The Morgan fingerprint density at radius 2 is 1.86 bits per heavy atom. The van der Waals surface area contributed by atoms with Crippen LogP contribution in [0.25, 0.3) is 16.6 Å². The van der Waals surface area contributed by atoms with Crippen molar-refractivity contribution in [3.05, 3.63) is 46.6 Å². The summed E-state index contributed by atoms with van der Waals surface area (Å²) in [5.74, 6) is 0.894. The van der Waals surface area contributed by atoms with Crippen LogP contribution in [0.2, 0.25) is 0 Å². The molecule has 0 aliphatic heterocycles. The molecule has 0 unspecified atom stereocenters. The molecule has 0 N–H and O–H groups in total. The van der Waals surface area contributed by atoms with Crippen molar-refractivity contribution in [1.82, 2.24) is 9.78 Å². The third-order valence-electron chi connectivity index (χ3n) is 3.45. The van der Waals surface area contributed by atoms with Crippen molar-refractivity contribution >= 4 is 33.1 Å². The Labute approximate surface area is 135 Å². The SMILES string of the molecule is COc1cc(-n2ncc3c(Br)cccc32)cc(OC)c1C=O. The number of aldehydes is 1. The van der Waals surface area contributed by atoms with Gasteiger partial charge in [0.15, 0.2) is 6.29 Å². The molecular weight excluding hydrogens is 348 g/mol. The van der Waals surface area contributed by atoms with Crippen LogP contribution in [0.15, 0.2) is 41.0 Å². The van der Waals surface area contributed by atoms with E-state index in [1.165, 1.54) is 14.2 Å². The Bertz CT molecular complexity index is 833. The highest BCUT2D eigenvalue weighted by Crippen LogP contribution is 2.32. The van der Waals surface area contributed by atoms with E-state index in [4.69, 9.17) is 9.47 Å². The molecule has 0 amide bonds. The van der Waals surface area contributed by atoms with Gasteiger partial charge in [-0.1, -0.05) is 22.0 Å². The Kier molecular flexibility index (Phi) is 3.85. The smallest absolute Gasteiger partial charge is 0.157 e. The Morgan fingerprint density at radius 3 is 2.45 bits per heavy atom. The van der Waals surface area contributed by atoms with E-state index in [0.29, 0.717) is 17.1 Å². The Hall–Kier alpha value is -2.34. The van der Waals surface area contributed by atoms with Crippen molar-refractivity contribution in [2.24, 2.45) is 0 Å². The maximum absolute atomic E-state index is 11.2. The molecule has 3 aromatic rings. The minimum Gasteiger partial charge on any atom is -0.496 e. The molecule has 0 fully saturated rings. The van der Waals surface area contributed by atoms with Crippen molar-refractivity contribution in [3.63, 3.8) is 0 Å². The first-order valence-corrected chi connectivity index (χ1v) is 7.32. The molecule has 112 valence electrons. The van der Waals surface area contributed by atoms with E-state index < -0.39 is 0 Å². The normalized spacial score (nSPS) is 10.7. The minimum absolute atomic E-state index is 0.381. The van der Waals surface area contributed by atoms with Crippen LogP contribution in [-0.2, 0) is 0 Å². The molecule has 0 aliphatic carbocycles. The van der Waals surface area contributed by atoms with Crippen LogP contribution < -0.4 is 9.47 Å². The van der Waals surface area contributed by atoms with Gasteiger partial charge in [0.2, 0.25) is 0 Å². The summed E-state index contributed by atoms with van der Waals surface area (Å²) in [4.78, 5) is 11.2. The van der Waals surface area contributed by atoms with Gasteiger partial charge in [0.05, 0.1) is 37.2 Å². The third-order valence-corrected chi connectivity index (χ3v) is 4.14. The second kappa shape index (κ2) is 5.81. The lowest BCUT2D eigenvalue weighted by molar-refractivity contribution is 0.111. The van der Waals surface area contributed by atoms with Crippen LogP contribution in [0.4, 0.5) is 0 Å². The summed E-state index contributed by atoms with van der Waals surface area (Å²) in [5, 5.41) is 5.42. The maximum Gasteiger partial charge on any atom is 0.157 e. The van der Waals surface area contributed by atoms with Gasteiger partial charge in [-0.25, -0.2) is 4.68 Å². The molecule has 0 bridgehead atoms. The second-order valence-electron chi connectivity index (χ2n) is 4.61. The number of methoxy groups -OCH3 is 2. The molecule has 6 heteroatoms. The molecule has 0 radical (unpaired) electrons. The van der Waals surface area contributed by atoms with Crippen LogP contribution in [0.5, 0.6) is 11.5 Å². The molecule has 0 saturated heterocycles. The zero-order chi connectivity index (χ0) is 15.7. The number of benzene rings is 2. The van der Waals surface area contributed by atoms with Crippen molar-refractivity contribution in [2.45, 2.75) is 0 Å². The zero-order valence-corrected chi connectivity index (χ0v) is 13.6. The first-order valence-electron chi connectivity index (χ1n) is 6.53. The summed E-state index contributed by atoms with van der Waals surface area (Å²) >= 11 is 3.51. The largest absolute Gasteiger partial charge is 0.496 e. The molecule has 1 aromatic heterocycles. The van der Waals surface area contributed by atoms with Crippen LogP contribution >= 0.6 is 15.9 Å². The molecule has 2 aromatic carbocycles. The molecular formula is C16H13BrN2O3. The summed E-state index contributed by atoms with van der Waals surface area (Å²) < 4.78 is 13.3. The molecule has 0 aliphatic rings. The van der Waals surface area contributed by atoms with E-state index in [-0.39, 0.29) is 0 Å². The zero-order valence-electron chi connectivity index (χ0n) is 12.0. The van der Waals surface area contributed by atoms with E-state index in [9.17, 15) is 4.79 Å². The lowest BCUT2D eigenvalue weighted by Crippen LogP contribution is -2.01. The lowest BCUT2D eigenvalue weighted by Gasteiger charge is -2.12. The van der Waals surface area contributed by atoms with Crippen LogP contribution in [0, 0.1) is 0 Å². The van der Waals surface area contributed by atoms with Gasteiger partial charge >= 0.3 is 0 Å². The van der Waals surface area contributed by atoms with Crippen molar-refractivity contribution in [2.75, 3.05) is 14.2 Å². The van der Waals surface area contributed by atoms with Gasteiger partial charge in [-0.2, -0.15) is 5.10 Å². The monoisotopic (exact) mass is 360 g/mol. The van der Waals surface area contributed by atoms with Crippen LogP contribution in [0.1, 0.15) is 10.4 Å². The summed E-state index contributed by atoms with van der Waals surface area (Å²) in [6.45, 7) is 0. The molecule has 0 atom stereocenters. The van der Waals surface area contributed by atoms with E-state index in [1.807, 2.05) is 18.2 Å². The molecule has 22 heavy (non-hydrogen) atoms. The van der Waals surface area contributed by atoms with Gasteiger partial charge in [-0.3, -0.25) is 4.79 Å². The predicted molar refractivity (Wildman–Crippen MR) is 87.3 cm³/mol. The lowest BCUT2D eigenvalue weighted by atomic mass is 10.1. The first-order chi connectivity index (χ1) is 10.7. The number of hydrogen-bond acceptors (Lipinski definition) is 4. The fourth-order valence-electron chi connectivity index (χ4n) is 2.38. The van der Waals surface area contributed by atoms with E-state index >= 15 is 0 Å². The van der Waals surface area contributed by atoms with Crippen LogP contribution in [-0.4, -0.2) is 30.3 Å². The number of nitrogens with zero attached hydrogens (tertiary/aromatic N) is 2. The number of rotatable bonds is 4. The Balaban J connectivity index is 2.27. The van der Waals surface area contributed by atoms with Gasteiger partial charge < -0.3 is 9.47 Å². The Morgan fingerprint density at radius 1 is 1.18 bits per heavy atom. The van der Waals surface area contributed by atoms with E-state index in [1.54, 1.807) is 23.0 Å². The number of carbonyl (C=O) groups is 1. The van der Waals surface area contributed by atoms with Gasteiger partial charge in [-0.05, 0) is 12.1 Å². The number of fused-ring (bicyclic) bond motifs is 1. The number of hydrogen-bond donors (Lipinski definition) is 0. The van der Waals surface area contributed by atoms with Gasteiger partial charge in [0.25, 0.3) is 0 Å². The number of halogens is 1. The molecule has 0 spiro atoms. The highest BCUT2D eigenvalue weighted by molar-refractivity contribution is 9.10. The average molecular weight is 361 g/mol. The van der Waals surface area contributed by atoms with Crippen LogP contribution in [0.3, 0.4) is 0 Å². The number of carbonyl (C=O) groups excluding carboxylic acids is 1. The number of ether oxygens (including phenoxy) is 2. The summed E-state index contributed by atoms with van der Waals surface area (Å²) in [6.07, 6.45) is 2.51. The summed E-state index contributed by atoms with van der Waals surface area (Å²) in [6, 6.07) is 9.41. The van der Waals surface area contributed by atoms with Gasteiger partial charge in [0, 0.05) is 22.0 Å². The molecule has 0 saturated carbocycles. The average Bonchev–Trinajstić information content (AvgIpc) is 2.98. The predicted octanol–water partition coefficient (Wildman–Crippen LogP) is 3.62. The second-order valence-corrected chi connectivity index (χ2v) is 5.47. The van der Waals surface area contributed by atoms with Gasteiger partial charge in [0.1, 0.15) is 11.5 Å². The minimum atomic E-state index is 0.381. The summed E-state index contributed by atoms with van der Waals surface area (Å²) in [7, 11) is 3.03. The molecule has 3 rings (SSSR count). The standard InChI is InChI=1S/C16H13BrN2O3/c1-21-15-6-10(7-16(22-2)12(15)9-20)19-14-5-3-4-13(17)11(14)8-18-19/h3-9H,1-2H3. The molecule has 1 heterocycles. The van der Waals surface area contributed by atoms with Crippen molar-refractivity contribution in [1.29, 1.82) is 0 Å². The van der Waals surface area contributed by atoms with Crippen molar-refractivity contribution < 1.29 is 14.3 Å². The fraction of sp³-hybridized carbons (Fsp3) is 0.125. The summed E-state index contributed by atoms with van der Waals surface area (Å²) in [5.41, 5.74) is 2.08. The molecule has 5 nitrogen and oxygen atoms in total. The van der Waals surface area contributed by atoms with Gasteiger partial charge in [-0.15, -0.1) is 0 Å². The third kappa shape index (κ3) is 2.25.